The lowest BCUT2D eigenvalue weighted by molar-refractivity contribution is 0.102. The normalized spacial score (nSPS) is 12.6. The van der Waals surface area contributed by atoms with E-state index in [1.165, 1.54) is 0 Å². The van der Waals surface area contributed by atoms with Gasteiger partial charge in [0.05, 0.1) is 19.8 Å². The molecule has 0 unspecified atom stereocenters. The number of hydrogen-bond acceptors (Lipinski definition) is 7. The van der Waals surface area contributed by atoms with E-state index in [0.717, 1.165) is 78.2 Å². The molecule has 176 valence electrons. The van der Waals surface area contributed by atoms with Crippen molar-refractivity contribution in [2.45, 2.75) is 60.8 Å². The summed E-state index contributed by atoms with van der Waals surface area (Å²) in [7, 11) is -3.51. The van der Waals surface area contributed by atoms with Crippen molar-refractivity contribution < 1.29 is 18.1 Å². The summed E-state index contributed by atoms with van der Waals surface area (Å²) in [4.78, 5) is 6.97. The third-order valence-electron chi connectivity index (χ3n) is 5.29. The highest BCUT2D eigenvalue weighted by Gasteiger charge is 2.26. The van der Waals surface area contributed by atoms with Crippen LogP contribution in [0.4, 0.5) is 0 Å². The van der Waals surface area contributed by atoms with Crippen molar-refractivity contribution in [2.24, 2.45) is 0 Å². The highest BCUT2D eigenvalue weighted by molar-refractivity contribution is 7.48. The molecule has 8 heteroatoms. The minimum absolute atomic E-state index is 0.389. The molecule has 0 aliphatic heterocycles. The fourth-order valence-electron chi connectivity index (χ4n) is 3.12. The zero-order valence-corrected chi connectivity index (χ0v) is 20.9. The molecule has 0 fully saturated rings. The van der Waals surface area contributed by atoms with Crippen LogP contribution in [0, 0.1) is 0 Å². The van der Waals surface area contributed by atoms with E-state index in [0.29, 0.717) is 19.8 Å². The van der Waals surface area contributed by atoms with Crippen LogP contribution < -0.4 is 0 Å². The maximum absolute atomic E-state index is 13.1. The molecule has 0 N–H and O–H groups in total. The Morgan fingerprint density at radius 3 is 0.966 bits per heavy atom. The van der Waals surface area contributed by atoms with E-state index in [-0.39, 0.29) is 0 Å². The second-order valence-electron chi connectivity index (χ2n) is 7.09. The quantitative estimate of drug-likeness (QED) is 0.196. The molecule has 7 nitrogen and oxygen atoms in total. The molecule has 0 atom stereocenters. The molecule has 0 amide bonds. The van der Waals surface area contributed by atoms with Gasteiger partial charge in [-0.15, -0.1) is 0 Å². The van der Waals surface area contributed by atoms with Crippen LogP contribution in [0.15, 0.2) is 0 Å². The maximum atomic E-state index is 13.1. The molecule has 0 rings (SSSR count). The fraction of sp³-hybridized carbons (Fsp3) is 1.00. The predicted molar refractivity (Wildman–Crippen MR) is 123 cm³/mol. The Hall–Kier alpha value is -0.0100. The number of phosphoric acid groups is 1. The van der Waals surface area contributed by atoms with Crippen molar-refractivity contribution in [2.75, 3.05) is 78.7 Å². The van der Waals surface area contributed by atoms with Gasteiger partial charge >= 0.3 is 7.82 Å². The lowest BCUT2D eigenvalue weighted by Crippen LogP contribution is -2.25. The number of hydrogen-bond donors (Lipinski definition) is 0. The molecule has 0 aromatic rings. The molecular formula is C21H48N3O4P. The second-order valence-corrected chi connectivity index (χ2v) is 8.76. The zero-order valence-electron chi connectivity index (χ0n) is 20.0. The molecule has 0 aliphatic carbocycles. The van der Waals surface area contributed by atoms with Crippen LogP contribution >= 0.6 is 7.82 Å². The van der Waals surface area contributed by atoms with Crippen LogP contribution in [0.1, 0.15) is 60.8 Å². The van der Waals surface area contributed by atoms with Crippen molar-refractivity contribution in [3.05, 3.63) is 0 Å². The largest absolute Gasteiger partial charge is 0.474 e. The highest BCUT2D eigenvalue weighted by atomic mass is 31.2. The van der Waals surface area contributed by atoms with Crippen LogP contribution in [0.25, 0.3) is 0 Å². The van der Waals surface area contributed by atoms with Gasteiger partial charge in [-0.2, -0.15) is 0 Å². The molecule has 0 radical (unpaired) electrons. The summed E-state index contributed by atoms with van der Waals surface area (Å²) in [6.45, 7) is 22.9. The molecule has 0 aromatic carbocycles. The van der Waals surface area contributed by atoms with E-state index in [1.807, 2.05) is 0 Å². The van der Waals surface area contributed by atoms with Crippen molar-refractivity contribution in [1.82, 2.24) is 14.7 Å². The van der Waals surface area contributed by atoms with E-state index < -0.39 is 7.82 Å². The van der Waals surface area contributed by atoms with Crippen LogP contribution in [-0.4, -0.2) is 93.4 Å². The molecule has 0 saturated heterocycles. The van der Waals surface area contributed by atoms with E-state index in [1.54, 1.807) is 0 Å². The Balaban J connectivity index is 4.45. The first-order valence-electron chi connectivity index (χ1n) is 11.7. The number of nitrogens with zero attached hydrogens (tertiary/aromatic N) is 3. The van der Waals surface area contributed by atoms with Crippen molar-refractivity contribution in [3.63, 3.8) is 0 Å². The number of phosphoric ester groups is 1. The lowest BCUT2D eigenvalue weighted by Gasteiger charge is -2.22. The first kappa shape index (κ1) is 29.0. The van der Waals surface area contributed by atoms with Gasteiger partial charge in [0.25, 0.3) is 0 Å². The van der Waals surface area contributed by atoms with Crippen LogP contribution in [0.5, 0.6) is 0 Å². The smallest absolute Gasteiger partial charge is 0.304 e. The molecule has 0 saturated carbocycles. The molecular weight excluding hydrogens is 389 g/mol. The molecule has 0 aliphatic rings. The molecule has 0 bridgehead atoms. The van der Waals surface area contributed by atoms with Crippen molar-refractivity contribution in [3.8, 4) is 0 Å². The van der Waals surface area contributed by atoms with Gasteiger partial charge in [-0.1, -0.05) is 41.5 Å². The van der Waals surface area contributed by atoms with Crippen molar-refractivity contribution >= 4 is 7.82 Å². The minimum Gasteiger partial charge on any atom is -0.304 e. The zero-order chi connectivity index (χ0) is 22.0. The van der Waals surface area contributed by atoms with E-state index >= 15 is 0 Å². The summed E-state index contributed by atoms with van der Waals surface area (Å²) in [6.07, 6.45) is 2.45. The van der Waals surface area contributed by atoms with Crippen LogP contribution in [0.2, 0.25) is 0 Å². The summed E-state index contributed by atoms with van der Waals surface area (Å²) < 4.78 is 30.0. The van der Waals surface area contributed by atoms with Gasteiger partial charge < -0.3 is 14.7 Å². The third kappa shape index (κ3) is 14.6. The average Bonchev–Trinajstić information content (AvgIpc) is 2.74. The Kier molecular flexibility index (Phi) is 18.7. The van der Waals surface area contributed by atoms with Gasteiger partial charge in [0.1, 0.15) is 0 Å². The van der Waals surface area contributed by atoms with Crippen LogP contribution in [-0.2, 0) is 18.1 Å². The Morgan fingerprint density at radius 2 is 0.759 bits per heavy atom. The Bertz CT molecular complexity index is 346. The summed E-state index contributed by atoms with van der Waals surface area (Å²) in [5, 5.41) is 0. The summed E-state index contributed by atoms with van der Waals surface area (Å²) in [5.41, 5.74) is 0. The third-order valence-corrected chi connectivity index (χ3v) is 6.78. The lowest BCUT2D eigenvalue weighted by atomic mass is 10.4. The first-order chi connectivity index (χ1) is 14.0. The van der Waals surface area contributed by atoms with E-state index in [9.17, 15) is 4.57 Å². The van der Waals surface area contributed by atoms with Gasteiger partial charge in [-0.05, 0) is 58.5 Å². The standard InChI is InChI=1S/C21H48N3O4P/c1-7-22(8-2)16-13-19-26-29(25,27-20-14-17-23(9-3)10-4)28-21-15-18-24(11-5)12-6/h7-21H2,1-6H3. The summed E-state index contributed by atoms with van der Waals surface area (Å²) in [6, 6.07) is 0. The maximum Gasteiger partial charge on any atom is 0.474 e. The topological polar surface area (TPSA) is 54.5 Å². The first-order valence-corrected chi connectivity index (χ1v) is 13.1. The second kappa shape index (κ2) is 18.7. The fourth-order valence-corrected chi connectivity index (χ4v) is 4.41. The molecule has 0 aromatic heterocycles. The SMILES string of the molecule is CCN(CC)CCCOP(=O)(OCCCN(CC)CC)OCCCN(CC)CC. The predicted octanol–water partition coefficient (Wildman–Crippen LogP) is 4.34. The molecule has 29 heavy (non-hydrogen) atoms. The van der Waals surface area contributed by atoms with Gasteiger partial charge in [0.2, 0.25) is 0 Å². The minimum atomic E-state index is -3.51. The average molecular weight is 438 g/mol. The van der Waals surface area contributed by atoms with E-state index in [4.69, 9.17) is 13.6 Å². The number of rotatable bonds is 21. The monoisotopic (exact) mass is 437 g/mol. The summed E-state index contributed by atoms with van der Waals surface area (Å²) >= 11 is 0. The molecule has 0 heterocycles. The Labute approximate surface area is 180 Å². The van der Waals surface area contributed by atoms with Gasteiger partial charge in [-0.3, -0.25) is 13.6 Å². The van der Waals surface area contributed by atoms with Crippen molar-refractivity contribution in [1.29, 1.82) is 0 Å². The van der Waals surface area contributed by atoms with Gasteiger partial charge in [0.15, 0.2) is 0 Å². The van der Waals surface area contributed by atoms with Gasteiger partial charge in [-0.25, -0.2) is 4.57 Å². The highest BCUT2D eigenvalue weighted by Crippen LogP contribution is 2.49. The van der Waals surface area contributed by atoms with Crippen LogP contribution in [0.3, 0.4) is 0 Å². The Morgan fingerprint density at radius 1 is 0.517 bits per heavy atom. The molecule has 0 spiro atoms. The van der Waals surface area contributed by atoms with Gasteiger partial charge in [0, 0.05) is 19.6 Å². The summed E-state index contributed by atoms with van der Waals surface area (Å²) in [5.74, 6) is 0. The van der Waals surface area contributed by atoms with E-state index in [2.05, 4.69) is 56.2 Å².